The molecule has 0 aliphatic carbocycles. The number of aryl methyl sites for hydroxylation is 1. The van der Waals surface area contributed by atoms with Gasteiger partial charge in [-0.15, -0.1) is 0 Å². The topological polar surface area (TPSA) is 98.2 Å². The van der Waals surface area contributed by atoms with Crippen LogP contribution in [0.1, 0.15) is 59.5 Å². The number of hydrogen-bond donors (Lipinski definition) is 3. The third kappa shape index (κ3) is 10.5. The van der Waals surface area contributed by atoms with Crippen LogP contribution < -0.4 is 10.6 Å². The molecule has 7 nitrogen and oxygen atoms in total. The molecule has 0 atom stereocenters. The first-order valence-corrected chi connectivity index (χ1v) is 11.8. The first kappa shape index (κ1) is 31.9. The van der Waals surface area contributed by atoms with Gasteiger partial charge in [-0.2, -0.15) is 0 Å². The monoisotopic (exact) mass is 495 g/mol. The number of amidine groups is 1. The quantitative estimate of drug-likeness (QED) is 0.220. The molecule has 0 aliphatic heterocycles. The van der Waals surface area contributed by atoms with Gasteiger partial charge in [-0.1, -0.05) is 45.9 Å². The molecule has 3 rings (SSSR count). The van der Waals surface area contributed by atoms with Crippen molar-refractivity contribution in [2.75, 3.05) is 31.8 Å². The maximum absolute atomic E-state index is 13.1. The summed E-state index contributed by atoms with van der Waals surface area (Å²) in [7, 11) is 5.38. The molecule has 0 bridgehead atoms. The van der Waals surface area contributed by atoms with Gasteiger partial charge in [0.15, 0.2) is 6.29 Å². The van der Waals surface area contributed by atoms with E-state index in [-0.39, 0.29) is 11.3 Å². The number of nitrogens with zero attached hydrogens (tertiary/aromatic N) is 2. The van der Waals surface area contributed by atoms with Crippen LogP contribution in [-0.4, -0.2) is 49.1 Å². The molecule has 3 N–H and O–H groups in total. The fourth-order valence-corrected chi connectivity index (χ4v) is 2.59. The smallest absolute Gasteiger partial charge is 0.255 e. The van der Waals surface area contributed by atoms with Crippen molar-refractivity contribution in [3.8, 4) is 0 Å². The second-order valence-corrected chi connectivity index (χ2v) is 7.09. The lowest BCUT2D eigenvalue weighted by atomic mass is 10.1. The average molecular weight is 496 g/mol. The molecular weight excluding hydrogens is 457 g/mol. The number of anilines is 2. The summed E-state index contributed by atoms with van der Waals surface area (Å²) >= 11 is 0. The minimum Gasteiger partial charge on any atom is -0.373 e. The van der Waals surface area contributed by atoms with Gasteiger partial charge < -0.3 is 15.5 Å². The molecule has 2 aromatic carbocycles. The second kappa shape index (κ2) is 17.4. The summed E-state index contributed by atoms with van der Waals surface area (Å²) in [6.45, 7) is 10.0. The molecule has 0 saturated carbocycles. The highest BCUT2D eigenvalue weighted by atomic mass is 19.1. The zero-order chi connectivity index (χ0) is 27.7. The fourth-order valence-electron chi connectivity index (χ4n) is 2.59. The molecule has 1 amide bonds. The van der Waals surface area contributed by atoms with Crippen molar-refractivity contribution in [2.24, 2.45) is 0 Å². The Morgan fingerprint density at radius 3 is 2.03 bits per heavy atom. The van der Waals surface area contributed by atoms with Gasteiger partial charge in [0.05, 0.1) is 5.69 Å². The minimum absolute atomic E-state index is 0.0735. The largest absolute Gasteiger partial charge is 0.373 e. The molecular formula is C28H38FN5O2. The Hall–Kier alpha value is -4.07. The number of benzene rings is 2. The van der Waals surface area contributed by atoms with Crippen LogP contribution in [0, 0.1) is 18.2 Å². The number of aromatic nitrogens is 1. The van der Waals surface area contributed by atoms with E-state index in [4.69, 9.17) is 5.41 Å². The van der Waals surface area contributed by atoms with Gasteiger partial charge in [-0.25, -0.2) is 9.37 Å². The summed E-state index contributed by atoms with van der Waals surface area (Å²) < 4.78 is 13.1. The maximum Gasteiger partial charge on any atom is 0.255 e. The van der Waals surface area contributed by atoms with Crippen molar-refractivity contribution in [3.05, 3.63) is 88.9 Å². The van der Waals surface area contributed by atoms with Gasteiger partial charge in [0, 0.05) is 44.0 Å². The van der Waals surface area contributed by atoms with Crippen molar-refractivity contribution >= 4 is 29.5 Å². The van der Waals surface area contributed by atoms with Crippen molar-refractivity contribution < 1.29 is 14.0 Å². The number of nitrogens with one attached hydrogen (secondary N) is 3. The van der Waals surface area contributed by atoms with Crippen molar-refractivity contribution in [1.82, 2.24) is 9.88 Å². The third-order valence-corrected chi connectivity index (χ3v) is 4.42. The minimum atomic E-state index is -0.545. The summed E-state index contributed by atoms with van der Waals surface area (Å²) in [5.74, 6) is 0.290. The summed E-state index contributed by atoms with van der Waals surface area (Å²) in [5.41, 5.74) is 2.57. The Bertz CT molecular complexity index is 1080. The van der Waals surface area contributed by atoms with E-state index in [2.05, 4.69) is 15.6 Å². The molecule has 1 aromatic heterocycles. The molecule has 0 radical (unpaired) electrons. The maximum atomic E-state index is 13.1. The number of hydrogen-bond acceptors (Lipinski definition) is 5. The lowest BCUT2D eigenvalue weighted by Gasteiger charge is -2.14. The highest BCUT2D eigenvalue weighted by molar-refractivity contribution is 6.07. The Morgan fingerprint density at radius 1 is 0.972 bits per heavy atom. The Kier molecular flexibility index (Phi) is 15.4. The predicted molar refractivity (Wildman–Crippen MR) is 148 cm³/mol. The summed E-state index contributed by atoms with van der Waals surface area (Å²) in [6, 6.07) is 14.1. The van der Waals surface area contributed by atoms with Gasteiger partial charge in [0.1, 0.15) is 17.5 Å². The highest BCUT2D eigenvalue weighted by Gasteiger charge is 2.11. The molecule has 3 aromatic rings. The van der Waals surface area contributed by atoms with Crippen LogP contribution in [0.5, 0.6) is 0 Å². The van der Waals surface area contributed by atoms with Crippen LogP contribution in [-0.2, 0) is 0 Å². The molecule has 0 aliphatic rings. The van der Waals surface area contributed by atoms with Crippen molar-refractivity contribution in [3.63, 3.8) is 0 Å². The number of pyridine rings is 1. The van der Waals surface area contributed by atoms with Crippen LogP contribution >= 0.6 is 0 Å². The van der Waals surface area contributed by atoms with Gasteiger partial charge >= 0.3 is 0 Å². The Morgan fingerprint density at radius 2 is 1.56 bits per heavy atom. The van der Waals surface area contributed by atoms with E-state index >= 15 is 0 Å². The van der Waals surface area contributed by atoms with Crippen LogP contribution in [0.2, 0.25) is 0 Å². The third-order valence-electron chi connectivity index (χ3n) is 4.42. The van der Waals surface area contributed by atoms with Gasteiger partial charge in [0.25, 0.3) is 5.91 Å². The van der Waals surface area contributed by atoms with Crippen LogP contribution in [0.15, 0.2) is 60.8 Å². The molecule has 194 valence electrons. The summed E-state index contributed by atoms with van der Waals surface area (Å²) in [6.07, 6.45) is 2.33. The van der Waals surface area contributed by atoms with E-state index < -0.39 is 11.7 Å². The first-order chi connectivity index (χ1) is 17.2. The van der Waals surface area contributed by atoms with Crippen LogP contribution in [0.3, 0.4) is 0 Å². The molecule has 1 heterocycles. The average Bonchev–Trinajstić information content (AvgIpc) is 2.92. The van der Waals surface area contributed by atoms with Gasteiger partial charge in [0.2, 0.25) is 0 Å². The van der Waals surface area contributed by atoms with E-state index in [0.717, 1.165) is 11.9 Å². The van der Waals surface area contributed by atoms with Gasteiger partial charge in [-0.3, -0.25) is 15.0 Å². The number of aldehydes is 1. The first-order valence-electron chi connectivity index (χ1n) is 11.8. The number of halogens is 1. The number of carbonyl (C=O) groups excluding carboxylic acids is 2. The summed E-state index contributed by atoms with van der Waals surface area (Å²) in [5, 5.41) is 13.4. The number of carbonyl (C=O) groups is 2. The Labute approximate surface area is 214 Å². The zero-order valence-electron chi connectivity index (χ0n) is 22.4. The standard InChI is InChI=1S/C17H16FN3O2.C7H10N2.2C2H6/c1-21(2)16(19)11-3-5-12(6-4-11)17(23)20-15-8-7-14(18)9-13(15)10-22;1-6-3-4-7(8-2)9-5-6;2*1-2/h3-10,19H,1-2H3,(H,20,23);3-5H,1-2H3,(H,8,9);2*1-2H3. The molecule has 0 unspecified atom stereocenters. The van der Waals surface area contributed by atoms with Crippen LogP contribution in [0.4, 0.5) is 15.9 Å². The zero-order valence-corrected chi connectivity index (χ0v) is 22.4. The molecule has 8 heteroatoms. The molecule has 0 fully saturated rings. The molecule has 0 spiro atoms. The lowest BCUT2D eigenvalue weighted by Crippen LogP contribution is -2.22. The van der Waals surface area contributed by atoms with E-state index in [9.17, 15) is 14.0 Å². The summed E-state index contributed by atoms with van der Waals surface area (Å²) in [4.78, 5) is 28.9. The van der Waals surface area contributed by atoms with E-state index in [1.165, 1.54) is 17.7 Å². The Balaban J connectivity index is 0.000000783. The normalized spacial score (nSPS) is 9.03. The highest BCUT2D eigenvalue weighted by Crippen LogP contribution is 2.17. The fraction of sp³-hybridized carbons (Fsp3) is 0.286. The number of rotatable bonds is 5. The van der Waals surface area contributed by atoms with Gasteiger partial charge in [-0.05, 0) is 48.9 Å². The van der Waals surface area contributed by atoms with Crippen molar-refractivity contribution in [2.45, 2.75) is 34.6 Å². The molecule has 0 saturated heterocycles. The second-order valence-electron chi connectivity index (χ2n) is 7.09. The predicted octanol–water partition coefficient (Wildman–Crippen LogP) is 6.26. The lowest BCUT2D eigenvalue weighted by molar-refractivity contribution is 0.102. The number of amides is 1. The van der Waals surface area contributed by atoms with E-state index in [0.29, 0.717) is 23.2 Å². The SMILES string of the molecule is CC.CC.CN(C)C(=N)c1ccc(C(=O)Nc2ccc(F)cc2C=O)cc1.CNc1ccc(C)cn1. The van der Waals surface area contributed by atoms with Crippen LogP contribution in [0.25, 0.3) is 0 Å². The van der Waals surface area contributed by atoms with E-state index in [1.54, 1.807) is 43.3 Å². The van der Waals surface area contributed by atoms with Crippen molar-refractivity contribution in [1.29, 1.82) is 5.41 Å². The molecule has 36 heavy (non-hydrogen) atoms. The van der Waals surface area contributed by atoms with E-state index in [1.807, 2.05) is 60.0 Å².